The molecule has 0 aliphatic heterocycles. The second kappa shape index (κ2) is 9.33. The highest BCUT2D eigenvalue weighted by atomic mass is 16.4. The lowest BCUT2D eigenvalue weighted by molar-refractivity contribution is -0.158. The number of aliphatic carboxylic acids is 2. The van der Waals surface area contributed by atoms with Crippen molar-refractivity contribution in [2.24, 2.45) is 29.7 Å². The number of nitrogens with one attached hydrogen (secondary N) is 2. The Morgan fingerprint density at radius 1 is 1.00 bits per heavy atom. The molecule has 2 heterocycles. The van der Waals surface area contributed by atoms with Gasteiger partial charge in [-0.2, -0.15) is 5.10 Å². The van der Waals surface area contributed by atoms with Crippen molar-refractivity contribution in [3.63, 3.8) is 0 Å². The van der Waals surface area contributed by atoms with Gasteiger partial charge in [0.1, 0.15) is 17.4 Å². The van der Waals surface area contributed by atoms with Crippen molar-refractivity contribution in [2.45, 2.75) is 64.2 Å². The first-order valence-electron chi connectivity index (χ1n) is 12.9. The summed E-state index contributed by atoms with van der Waals surface area (Å²) >= 11 is 0. The Kier molecular flexibility index (Phi) is 6.34. The molecule has 0 saturated heterocycles. The Balaban J connectivity index is 1.23. The summed E-state index contributed by atoms with van der Waals surface area (Å²) in [6.07, 6.45) is 8.92. The number of carbonyl (C=O) groups excluding carboxylic acids is 1. The van der Waals surface area contributed by atoms with E-state index < -0.39 is 17.4 Å². The second-order valence-electron chi connectivity index (χ2n) is 11.1. The van der Waals surface area contributed by atoms with E-state index in [-0.39, 0.29) is 22.9 Å². The maximum absolute atomic E-state index is 13.1. The number of rotatable bonds is 8. The molecule has 0 spiro atoms. The van der Waals surface area contributed by atoms with Crippen molar-refractivity contribution < 1.29 is 24.6 Å². The molecule has 0 aromatic carbocycles. The van der Waals surface area contributed by atoms with Gasteiger partial charge in [-0.25, -0.2) is 9.97 Å². The molecule has 4 aliphatic carbocycles. The van der Waals surface area contributed by atoms with Gasteiger partial charge in [-0.1, -0.05) is 0 Å². The summed E-state index contributed by atoms with van der Waals surface area (Å²) in [5.74, 6) is -0.842. The number of aryl methyl sites for hydroxylation is 1. The molecule has 4 aliphatic rings. The molecular weight excluding hydrogens is 464 g/mol. The number of nitrogens with zero attached hydrogens (tertiary/aromatic N) is 4. The molecule has 2 aromatic rings. The highest BCUT2D eigenvalue weighted by molar-refractivity contribution is 6.04. The van der Waals surface area contributed by atoms with Crippen LogP contribution < -0.4 is 10.6 Å². The monoisotopic (exact) mass is 498 g/mol. The second-order valence-corrected chi connectivity index (χ2v) is 11.1. The number of carboxylic acids is 2. The maximum Gasteiger partial charge on any atom is 0.309 e. The predicted octanol–water partition coefficient (Wildman–Crippen LogP) is 2.82. The van der Waals surface area contributed by atoms with Crippen molar-refractivity contribution in [1.29, 1.82) is 0 Å². The third-order valence-electron chi connectivity index (χ3n) is 9.07. The van der Waals surface area contributed by atoms with Crippen molar-refractivity contribution in [1.82, 2.24) is 25.1 Å². The number of carbonyl (C=O) groups is 3. The molecule has 4 N–H and O–H groups in total. The molecule has 36 heavy (non-hydrogen) atoms. The van der Waals surface area contributed by atoms with Crippen LogP contribution in [0.1, 0.15) is 74.7 Å². The third-order valence-corrected chi connectivity index (χ3v) is 9.07. The average Bonchev–Trinajstić information content (AvgIpc) is 3.22. The lowest BCUT2D eigenvalue weighted by Crippen LogP contribution is -2.50. The van der Waals surface area contributed by atoms with E-state index in [1.165, 1.54) is 6.33 Å². The van der Waals surface area contributed by atoms with Crippen LogP contribution in [0.25, 0.3) is 11.0 Å². The molecule has 1 amide bonds. The van der Waals surface area contributed by atoms with E-state index in [2.05, 4.69) is 25.7 Å². The number of hydrogen-bond acceptors (Lipinski definition) is 7. The van der Waals surface area contributed by atoms with Crippen LogP contribution in [0.3, 0.4) is 0 Å². The Bertz CT molecular complexity index is 1160. The lowest BCUT2D eigenvalue weighted by atomic mass is 9.53. The molecule has 4 fully saturated rings. The van der Waals surface area contributed by atoms with Crippen molar-refractivity contribution in [3.8, 4) is 0 Å². The Morgan fingerprint density at radius 2 is 1.67 bits per heavy atom. The fourth-order valence-corrected chi connectivity index (χ4v) is 6.42. The average molecular weight is 499 g/mol. The molecule has 2 bridgehead atoms. The quantitative estimate of drug-likeness (QED) is 0.429. The minimum absolute atomic E-state index is 0.0461. The topological polar surface area (TPSA) is 159 Å². The fraction of sp³-hybridized carbons (Fsp3) is 0.680. The van der Waals surface area contributed by atoms with Gasteiger partial charge in [0, 0.05) is 20.1 Å². The van der Waals surface area contributed by atoms with E-state index in [0.29, 0.717) is 68.0 Å². The third kappa shape index (κ3) is 4.39. The van der Waals surface area contributed by atoms with Crippen LogP contribution >= 0.6 is 0 Å². The zero-order valence-corrected chi connectivity index (χ0v) is 20.6. The van der Waals surface area contributed by atoms with E-state index in [9.17, 15) is 24.6 Å². The summed E-state index contributed by atoms with van der Waals surface area (Å²) in [6.45, 7) is 1.19. The Morgan fingerprint density at radius 3 is 2.28 bits per heavy atom. The predicted molar refractivity (Wildman–Crippen MR) is 130 cm³/mol. The number of amides is 1. The van der Waals surface area contributed by atoms with Crippen LogP contribution in [0.5, 0.6) is 0 Å². The smallest absolute Gasteiger partial charge is 0.309 e. The molecule has 6 rings (SSSR count). The Hall–Kier alpha value is -3.24. The van der Waals surface area contributed by atoms with Crippen LogP contribution in [-0.4, -0.2) is 60.9 Å². The van der Waals surface area contributed by atoms with Crippen LogP contribution in [0.2, 0.25) is 0 Å². The van der Waals surface area contributed by atoms with Crippen LogP contribution in [0, 0.1) is 22.7 Å². The van der Waals surface area contributed by atoms with Crippen LogP contribution in [0.15, 0.2) is 6.33 Å². The van der Waals surface area contributed by atoms with Gasteiger partial charge in [0.25, 0.3) is 5.91 Å². The summed E-state index contributed by atoms with van der Waals surface area (Å²) in [4.78, 5) is 44.7. The van der Waals surface area contributed by atoms with Gasteiger partial charge in [-0.15, -0.1) is 0 Å². The largest absolute Gasteiger partial charge is 0.481 e. The van der Waals surface area contributed by atoms with E-state index in [1.54, 1.807) is 11.7 Å². The van der Waals surface area contributed by atoms with Gasteiger partial charge < -0.3 is 20.8 Å². The molecule has 4 saturated carbocycles. The first-order chi connectivity index (χ1) is 17.2. The summed E-state index contributed by atoms with van der Waals surface area (Å²) in [5, 5.41) is 29.8. The summed E-state index contributed by atoms with van der Waals surface area (Å²) in [7, 11) is 1.80. The van der Waals surface area contributed by atoms with E-state index in [0.717, 1.165) is 32.1 Å². The lowest BCUT2D eigenvalue weighted by Gasteiger charge is -2.51. The summed E-state index contributed by atoms with van der Waals surface area (Å²) < 4.78 is 1.67. The minimum Gasteiger partial charge on any atom is -0.481 e. The molecule has 11 nitrogen and oxygen atoms in total. The van der Waals surface area contributed by atoms with Crippen LogP contribution in [-0.2, 0) is 16.6 Å². The number of aromatic nitrogens is 4. The molecular formula is C25H34N6O5. The van der Waals surface area contributed by atoms with Gasteiger partial charge in [0.2, 0.25) is 0 Å². The minimum atomic E-state index is -0.707. The summed E-state index contributed by atoms with van der Waals surface area (Å²) in [6, 6.07) is 0. The fourth-order valence-electron chi connectivity index (χ4n) is 6.42. The maximum atomic E-state index is 13.1. The molecule has 0 radical (unpaired) electrons. The summed E-state index contributed by atoms with van der Waals surface area (Å²) in [5.41, 5.74) is 0.627. The van der Waals surface area contributed by atoms with Crippen molar-refractivity contribution >= 4 is 34.7 Å². The molecule has 2 aromatic heterocycles. The standard InChI is InChI=1S/C25H34N6O5/c1-31-20(26-12-15-2-4-16(5-3-15)22(33)34)18-17(30-31)19(29-14-28-18)21(32)27-13-24-6-9-25(10-7-24,11-8-24)23(35)36/h14-16,26H,2-13H2,1H3,(H,27,32)(H,33,34)(H,35,36). The van der Waals surface area contributed by atoms with Gasteiger partial charge in [0.15, 0.2) is 11.5 Å². The molecule has 194 valence electrons. The number of anilines is 1. The van der Waals surface area contributed by atoms with Crippen LogP contribution in [0.4, 0.5) is 5.82 Å². The zero-order chi connectivity index (χ0) is 25.5. The van der Waals surface area contributed by atoms with Crippen molar-refractivity contribution in [3.05, 3.63) is 12.0 Å². The first-order valence-corrected chi connectivity index (χ1v) is 12.9. The van der Waals surface area contributed by atoms with Gasteiger partial charge >= 0.3 is 11.9 Å². The van der Waals surface area contributed by atoms with Crippen molar-refractivity contribution in [2.75, 3.05) is 18.4 Å². The SMILES string of the molecule is Cn1nc2c(C(=O)NCC34CCC(C(=O)O)(CC3)CC4)ncnc2c1NCC1CCC(C(=O)O)CC1. The van der Waals surface area contributed by atoms with E-state index in [4.69, 9.17) is 0 Å². The van der Waals surface area contributed by atoms with Gasteiger partial charge in [-0.3, -0.25) is 19.1 Å². The van der Waals surface area contributed by atoms with E-state index in [1.807, 2.05) is 0 Å². The van der Waals surface area contributed by atoms with Gasteiger partial charge in [-0.05, 0) is 75.5 Å². The Labute approximate surface area is 209 Å². The van der Waals surface area contributed by atoms with Gasteiger partial charge in [0.05, 0.1) is 11.3 Å². The zero-order valence-electron chi connectivity index (χ0n) is 20.6. The molecule has 0 unspecified atom stereocenters. The normalized spacial score (nSPS) is 29.7. The highest BCUT2D eigenvalue weighted by Crippen LogP contribution is 2.56. The first kappa shape index (κ1) is 24.5. The highest BCUT2D eigenvalue weighted by Gasteiger charge is 2.52. The molecule has 11 heteroatoms. The van der Waals surface area contributed by atoms with E-state index >= 15 is 0 Å². The number of carboxylic acid groups (broad SMARTS) is 2. The number of hydrogen-bond donors (Lipinski definition) is 4. The molecule has 0 atom stereocenters. The number of fused-ring (bicyclic) bond motifs is 4.